The van der Waals surface area contributed by atoms with Crippen molar-refractivity contribution in [3.63, 3.8) is 0 Å². The minimum atomic E-state index is -0.912. The summed E-state index contributed by atoms with van der Waals surface area (Å²) >= 11 is 1.89. The van der Waals surface area contributed by atoms with E-state index in [9.17, 15) is 9.90 Å². The molecule has 0 aliphatic carbocycles. The molecule has 0 amide bonds. The Morgan fingerprint density at radius 1 is 1.03 bits per heavy atom. The zero-order chi connectivity index (χ0) is 21.1. The van der Waals surface area contributed by atoms with Gasteiger partial charge in [-0.05, 0) is 66.1 Å². The predicted octanol–water partition coefficient (Wildman–Crippen LogP) is 6.34. The number of hydrogen-bond donors (Lipinski definition) is 1. The maximum absolute atomic E-state index is 11.7. The van der Waals surface area contributed by atoms with Crippen molar-refractivity contribution < 1.29 is 9.90 Å². The van der Waals surface area contributed by atoms with Gasteiger partial charge in [0.15, 0.2) is 0 Å². The Bertz CT molecular complexity index is 1210. The second-order valence-electron chi connectivity index (χ2n) is 7.25. The van der Waals surface area contributed by atoms with E-state index in [-0.39, 0.29) is 0 Å². The molecule has 0 aliphatic rings. The van der Waals surface area contributed by atoms with Crippen LogP contribution in [0.15, 0.2) is 66.7 Å². The smallest absolute Gasteiger partial charge is 0.336 e. The molecule has 5 heteroatoms. The first kappa shape index (κ1) is 20.2. The number of rotatable bonds is 7. The molecule has 0 bridgehead atoms. The molecule has 1 N–H and O–H groups in total. The Hall–Kier alpha value is -3.05. The summed E-state index contributed by atoms with van der Waals surface area (Å²) in [4.78, 5) is 16.5. The van der Waals surface area contributed by atoms with E-state index < -0.39 is 5.97 Å². The number of fused-ring (bicyclic) bond motifs is 1. The molecular formula is C25H24N2O2S. The van der Waals surface area contributed by atoms with Gasteiger partial charge in [0.25, 0.3) is 0 Å². The van der Waals surface area contributed by atoms with Crippen LogP contribution in [0.25, 0.3) is 27.8 Å². The molecule has 0 saturated heterocycles. The highest BCUT2D eigenvalue weighted by Gasteiger charge is 2.16. The molecule has 0 fully saturated rings. The van der Waals surface area contributed by atoms with Crippen LogP contribution in [0.2, 0.25) is 0 Å². The van der Waals surface area contributed by atoms with E-state index in [1.54, 1.807) is 12.1 Å². The van der Waals surface area contributed by atoms with Gasteiger partial charge in [-0.25, -0.2) is 9.78 Å². The van der Waals surface area contributed by atoms with E-state index in [0.29, 0.717) is 5.56 Å². The average Bonchev–Trinajstić information content (AvgIpc) is 3.12. The average molecular weight is 417 g/mol. The van der Waals surface area contributed by atoms with Gasteiger partial charge in [-0.2, -0.15) is 11.8 Å². The minimum Gasteiger partial charge on any atom is -0.478 e. The lowest BCUT2D eigenvalue weighted by Gasteiger charge is -2.14. The summed E-state index contributed by atoms with van der Waals surface area (Å²) in [6.45, 7) is 4.22. The van der Waals surface area contributed by atoms with Crippen molar-refractivity contribution in [3.05, 3.63) is 83.7 Å². The summed E-state index contributed by atoms with van der Waals surface area (Å²) in [6.07, 6.45) is 1.14. The highest BCUT2D eigenvalue weighted by Crippen LogP contribution is 2.31. The van der Waals surface area contributed by atoms with Crippen LogP contribution in [0.3, 0.4) is 0 Å². The number of carbonyl (C=O) groups is 1. The molecule has 4 nitrogen and oxygen atoms in total. The highest BCUT2D eigenvalue weighted by atomic mass is 32.2. The van der Waals surface area contributed by atoms with Crippen molar-refractivity contribution in [2.24, 2.45) is 0 Å². The van der Waals surface area contributed by atoms with Crippen LogP contribution in [-0.2, 0) is 5.75 Å². The molecule has 4 rings (SSSR count). The van der Waals surface area contributed by atoms with Crippen LogP contribution in [-0.4, -0.2) is 26.4 Å². The molecular weight excluding hydrogens is 392 g/mol. The molecule has 152 valence electrons. The number of imidazole rings is 1. The standard InChI is InChI=1S/C25H24N2O2S/c1-3-14-30-16-24-26-22-10-6-7-11-23(22)27(24)18-12-13-19(17(2)15-18)20-8-4-5-9-21(20)25(28)29/h4-13,15H,3,14,16H2,1-2H3,(H,28,29). The Kier molecular flexibility index (Phi) is 5.91. The molecule has 0 aliphatic heterocycles. The summed E-state index contributed by atoms with van der Waals surface area (Å²) in [6, 6.07) is 21.5. The quantitative estimate of drug-likeness (QED) is 0.357. The van der Waals surface area contributed by atoms with E-state index in [1.165, 1.54) is 0 Å². The van der Waals surface area contributed by atoms with Crippen molar-refractivity contribution in [1.82, 2.24) is 9.55 Å². The number of hydrogen-bond acceptors (Lipinski definition) is 3. The lowest BCUT2D eigenvalue weighted by Crippen LogP contribution is -2.03. The highest BCUT2D eigenvalue weighted by molar-refractivity contribution is 7.98. The summed E-state index contributed by atoms with van der Waals surface area (Å²) in [5, 5.41) is 9.57. The first-order valence-corrected chi connectivity index (χ1v) is 11.2. The Labute approximate surface area is 180 Å². The first-order chi connectivity index (χ1) is 14.6. The van der Waals surface area contributed by atoms with Gasteiger partial charge in [-0.3, -0.25) is 4.57 Å². The van der Waals surface area contributed by atoms with Gasteiger partial charge in [0.05, 0.1) is 22.3 Å². The van der Waals surface area contributed by atoms with Crippen molar-refractivity contribution in [1.29, 1.82) is 0 Å². The van der Waals surface area contributed by atoms with Gasteiger partial charge in [0.2, 0.25) is 0 Å². The van der Waals surface area contributed by atoms with Gasteiger partial charge in [0.1, 0.15) is 5.82 Å². The third kappa shape index (κ3) is 3.85. The molecule has 0 atom stereocenters. The number of para-hydroxylation sites is 2. The van der Waals surface area contributed by atoms with Crippen molar-refractivity contribution in [2.75, 3.05) is 5.75 Å². The number of thioether (sulfide) groups is 1. The normalized spacial score (nSPS) is 11.1. The lowest BCUT2D eigenvalue weighted by atomic mass is 9.95. The van der Waals surface area contributed by atoms with Gasteiger partial charge < -0.3 is 5.11 Å². The van der Waals surface area contributed by atoms with Crippen LogP contribution >= 0.6 is 11.8 Å². The van der Waals surface area contributed by atoms with Gasteiger partial charge >= 0.3 is 5.97 Å². The Balaban J connectivity index is 1.81. The van der Waals surface area contributed by atoms with Crippen molar-refractivity contribution >= 4 is 28.8 Å². The molecule has 3 aromatic carbocycles. The fourth-order valence-electron chi connectivity index (χ4n) is 3.76. The van der Waals surface area contributed by atoms with Crippen molar-refractivity contribution in [2.45, 2.75) is 26.0 Å². The summed E-state index contributed by atoms with van der Waals surface area (Å²) < 4.78 is 2.22. The fourth-order valence-corrected chi connectivity index (χ4v) is 4.57. The topological polar surface area (TPSA) is 55.1 Å². The zero-order valence-electron chi connectivity index (χ0n) is 17.1. The molecule has 30 heavy (non-hydrogen) atoms. The maximum atomic E-state index is 11.7. The number of carboxylic acid groups (broad SMARTS) is 1. The van der Waals surface area contributed by atoms with Gasteiger partial charge in [-0.15, -0.1) is 0 Å². The number of aromatic carboxylic acids is 1. The summed E-state index contributed by atoms with van der Waals surface area (Å²) in [5.41, 5.74) is 6.14. The fraction of sp³-hybridized carbons (Fsp3) is 0.200. The van der Waals surface area contributed by atoms with E-state index in [2.05, 4.69) is 29.7 Å². The molecule has 1 heterocycles. The van der Waals surface area contributed by atoms with Crippen LogP contribution < -0.4 is 0 Å². The second kappa shape index (κ2) is 8.76. The largest absolute Gasteiger partial charge is 0.478 e. The van der Waals surface area contributed by atoms with Crippen LogP contribution in [0.5, 0.6) is 0 Å². The molecule has 0 unspecified atom stereocenters. The van der Waals surface area contributed by atoms with E-state index in [4.69, 9.17) is 4.98 Å². The third-order valence-corrected chi connectivity index (χ3v) is 6.28. The summed E-state index contributed by atoms with van der Waals surface area (Å²) in [5.74, 6) is 2.08. The summed E-state index contributed by atoms with van der Waals surface area (Å²) in [7, 11) is 0. The monoisotopic (exact) mass is 416 g/mol. The third-order valence-electron chi connectivity index (χ3n) is 5.13. The van der Waals surface area contributed by atoms with Gasteiger partial charge in [-0.1, -0.05) is 43.3 Å². The number of aromatic nitrogens is 2. The number of aryl methyl sites for hydroxylation is 1. The first-order valence-electron chi connectivity index (χ1n) is 10.1. The molecule has 0 saturated carbocycles. The Morgan fingerprint density at radius 2 is 1.80 bits per heavy atom. The van der Waals surface area contributed by atoms with Crippen LogP contribution in [0.1, 0.15) is 35.1 Å². The van der Waals surface area contributed by atoms with Crippen LogP contribution in [0.4, 0.5) is 0 Å². The number of benzene rings is 3. The lowest BCUT2D eigenvalue weighted by molar-refractivity contribution is 0.0697. The number of carboxylic acids is 1. The molecule has 4 aromatic rings. The van der Waals surface area contributed by atoms with E-state index in [0.717, 1.165) is 57.2 Å². The molecule has 0 radical (unpaired) electrons. The van der Waals surface area contributed by atoms with Crippen molar-refractivity contribution in [3.8, 4) is 16.8 Å². The van der Waals surface area contributed by atoms with Crippen LogP contribution in [0, 0.1) is 6.92 Å². The SMILES string of the molecule is CCCSCc1nc2ccccc2n1-c1ccc(-c2ccccc2C(=O)O)c(C)c1. The second-order valence-corrected chi connectivity index (χ2v) is 8.36. The predicted molar refractivity (Wildman–Crippen MR) is 125 cm³/mol. The maximum Gasteiger partial charge on any atom is 0.336 e. The van der Waals surface area contributed by atoms with Gasteiger partial charge in [0, 0.05) is 5.69 Å². The zero-order valence-corrected chi connectivity index (χ0v) is 17.9. The Morgan fingerprint density at radius 3 is 2.57 bits per heavy atom. The minimum absolute atomic E-state index is 0.318. The molecule has 0 spiro atoms. The molecule has 1 aromatic heterocycles. The number of nitrogens with zero attached hydrogens (tertiary/aromatic N) is 2. The van der Waals surface area contributed by atoms with E-state index in [1.807, 2.05) is 55.1 Å². The van der Waals surface area contributed by atoms with E-state index >= 15 is 0 Å².